The maximum Gasteiger partial charge on any atom is 0.357 e. The second-order valence-corrected chi connectivity index (χ2v) is 8.90. The summed E-state index contributed by atoms with van der Waals surface area (Å²) in [5, 5.41) is 3.47. The van der Waals surface area contributed by atoms with E-state index in [1.807, 2.05) is 0 Å². The van der Waals surface area contributed by atoms with Crippen LogP contribution in [0.5, 0.6) is 0 Å². The van der Waals surface area contributed by atoms with E-state index in [1.165, 1.54) is 13.1 Å². The smallest absolute Gasteiger partial charge is 0.357 e. The molecule has 0 saturated carbocycles. The molecule has 0 spiro atoms. The van der Waals surface area contributed by atoms with Gasteiger partial charge in [-0.15, -0.1) is 0 Å². The first-order valence-corrected chi connectivity index (χ1v) is 10.4. The van der Waals surface area contributed by atoms with Crippen molar-refractivity contribution in [3.8, 4) is 0 Å². The van der Waals surface area contributed by atoms with Crippen molar-refractivity contribution in [2.45, 2.75) is 33.3 Å². The van der Waals surface area contributed by atoms with Crippen LogP contribution in [0, 0.1) is 0 Å². The van der Waals surface area contributed by atoms with Gasteiger partial charge < -0.3 is 19.6 Å². The third-order valence-electron chi connectivity index (χ3n) is 3.61. The highest BCUT2D eigenvalue weighted by Gasteiger charge is 2.29. The van der Waals surface area contributed by atoms with Crippen LogP contribution in [0.25, 0.3) is 10.9 Å². The van der Waals surface area contributed by atoms with Gasteiger partial charge in [0.05, 0.1) is 23.2 Å². The molecular formula is C18H19N4O5S2-. The molecule has 2 heterocycles. The predicted molar refractivity (Wildman–Crippen MR) is 111 cm³/mol. The zero-order valence-corrected chi connectivity index (χ0v) is 17.8. The monoisotopic (exact) mass is 435 g/mol. The molecule has 1 amide bonds. The van der Waals surface area contributed by atoms with Crippen molar-refractivity contribution in [1.29, 1.82) is 0 Å². The number of rotatable bonds is 5. The van der Waals surface area contributed by atoms with Gasteiger partial charge in [0, 0.05) is 17.8 Å². The minimum absolute atomic E-state index is 0.000183. The van der Waals surface area contributed by atoms with Crippen LogP contribution in [0.2, 0.25) is 0 Å². The standard InChI is InChI=1S/C18H20N4O5S2/c1-10(23)20-17-19-9-13(28-17)22(29(25)26)15-11-7-5-6-8-12(11)21-14(15)16(24)27-18(2,3)4/h5-9,21H,1-4H3,(H,25,26)(H,19,20,23)/p-1. The van der Waals surface area contributed by atoms with Crippen molar-refractivity contribution in [3.05, 3.63) is 36.2 Å². The number of nitrogens with zero attached hydrogens (tertiary/aromatic N) is 2. The number of fused-ring (bicyclic) bond motifs is 1. The number of nitrogens with one attached hydrogen (secondary N) is 2. The summed E-state index contributed by atoms with van der Waals surface area (Å²) in [7, 11) is 0. The first-order chi connectivity index (χ1) is 13.6. The van der Waals surface area contributed by atoms with E-state index in [1.54, 1.807) is 45.0 Å². The van der Waals surface area contributed by atoms with Gasteiger partial charge in [-0.2, -0.15) is 0 Å². The molecule has 2 aromatic heterocycles. The fourth-order valence-corrected chi connectivity index (χ4v) is 4.25. The maximum absolute atomic E-state index is 12.8. The number of ether oxygens (including phenoxy) is 1. The summed E-state index contributed by atoms with van der Waals surface area (Å²) in [6.45, 7) is 6.49. The molecule has 0 radical (unpaired) electrons. The van der Waals surface area contributed by atoms with Gasteiger partial charge in [0.1, 0.15) is 10.6 Å². The van der Waals surface area contributed by atoms with Gasteiger partial charge in [0.25, 0.3) is 0 Å². The average molecular weight is 436 g/mol. The Morgan fingerprint density at radius 1 is 1.31 bits per heavy atom. The molecule has 0 aliphatic carbocycles. The molecule has 3 rings (SSSR count). The number of para-hydroxylation sites is 1. The normalized spacial score (nSPS) is 12.6. The van der Waals surface area contributed by atoms with E-state index in [4.69, 9.17) is 4.74 Å². The molecule has 0 aliphatic rings. The Hall–Kier alpha value is -2.76. The van der Waals surface area contributed by atoms with Crippen molar-refractivity contribution in [1.82, 2.24) is 9.97 Å². The highest BCUT2D eigenvalue weighted by Crippen LogP contribution is 2.40. The van der Waals surface area contributed by atoms with E-state index >= 15 is 0 Å². The molecule has 1 aromatic carbocycles. The lowest BCUT2D eigenvalue weighted by Crippen LogP contribution is -2.26. The first kappa shape index (κ1) is 21.0. The summed E-state index contributed by atoms with van der Waals surface area (Å²) >= 11 is -1.81. The van der Waals surface area contributed by atoms with Gasteiger partial charge in [0.15, 0.2) is 10.8 Å². The Morgan fingerprint density at radius 3 is 2.62 bits per heavy atom. The van der Waals surface area contributed by atoms with E-state index in [0.29, 0.717) is 10.9 Å². The zero-order chi connectivity index (χ0) is 21.3. The Bertz CT molecular complexity index is 1100. The number of H-pyrrole nitrogens is 1. The van der Waals surface area contributed by atoms with Crippen LogP contribution in [0.15, 0.2) is 30.5 Å². The third-order valence-corrected chi connectivity index (χ3v) is 5.30. The van der Waals surface area contributed by atoms with E-state index in [-0.39, 0.29) is 27.4 Å². The van der Waals surface area contributed by atoms with Gasteiger partial charge in [0.2, 0.25) is 5.91 Å². The second kappa shape index (κ2) is 7.93. The van der Waals surface area contributed by atoms with Crippen LogP contribution in [-0.2, 0) is 20.8 Å². The molecule has 2 N–H and O–H groups in total. The molecule has 11 heteroatoms. The Labute approximate surface area is 173 Å². The van der Waals surface area contributed by atoms with Gasteiger partial charge in [-0.05, 0) is 26.8 Å². The fraction of sp³-hybridized carbons (Fsp3) is 0.278. The van der Waals surface area contributed by atoms with Crippen LogP contribution in [-0.4, -0.2) is 36.2 Å². The molecule has 0 bridgehead atoms. The fourth-order valence-electron chi connectivity index (χ4n) is 2.64. The number of benzene rings is 1. The molecule has 29 heavy (non-hydrogen) atoms. The SMILES string of the molecule is CC(=O)Nc1ncc(N(c2c(C(=O)OC(C)(C)C)[nH]c3ccccc23)S(=O)[O-])s1. The number of thiazole rings is 1. The van der Waals surface area contributed by atoms with E-state index < -0.39 is 22.8 Å². The number of anilines is 3. The van der Waals surface area contributed by atoms with Crippen LogP contribution in [0.3, 0.4) is 0 Å². The van der Waals surface area contributed by atoms with Crippen LogP contribution >= 0.6 is 11.3 Å². The highest BCUT2D eigenvalue weighted by atomic mass is 32.2. The summed E-state index contributed by atoms with van der Waals surface area (Å²) in [5.74, 6) is -1.02. The Balaban J connectivity index is 2.17. The first-order valence-electron chi connectivity index (χ1n) is 8.54. The molecule has 9 nitrogen and oxygen atoms in total. The van der Waals surface area contributed by atoms with Crippen molar-refractivity contribution >= 4 is 61.2 Å². The summed E-state index contributed by atoms with van der Waals surface area (Å²) in [6, 6.07) is 6.93. The molecule has 0 aliphatic heterocycles. The molecule has 0 saturated heterocycles. The molecule has 3 aromatic rings. The van der Waals surface area contributed by atoms with E-state index in [0.717, 1.165) is 15.6 Å². The van der Waals surface area contributed by atoms with Crippen molar-refractivity contribution < 1.29 is 23.1 Å². The van der Waals surface area contributed by atoms with Crippen LogP contribution in [0.4, 0.5) is 15.8 Å². The van der Waals surface area contributed by atoms with Gasteiger partial charge in [-0.1, -0.05) is 29.5 Å². The van der Waals surface area contributed by atoms with Crippen molar-refractivity contribution in [3.63, 3.8) is 0 Å². The summed E-state index contributed by atoms with van der Waals surface area (Å²) < 4.78 is 30.8. The largest absolute Gasteiger partial charge is 0.755 e. The Kier molecular flexibility index (Phi) is 5.73. The maximum atomic E-state index is 12.8. The van der Waals surface area contributed by atoms with E-state index in [9.17, 15) is 18.4 Å². The Morgan fingerprint density at radius 2 is 2.00 bits per heavy atom. The molecular weight excluding hydrogens is 416 g/mol. The number of hydrogen-bond donors (Lipinski definition) is 2. The van der Waals surface area contributed by atoms with E-state index in [2.05, 4.69) is 15.3 Å². The number of aromatic nitrogens is 2. The molecule has 0 fully saturated rings. The molecule has 154 valence electrons. The quantitative estimate of drug-likeness (QED) is 0.467. The minimum atomic E-state index is -2.78. The number of aromatic amines is 1. The second-order valence-electron chi connectivity index (χ2n) is 7.09. The number of amides is 1. The summed E-state index contributed by atoms with van der Waals surface area (Å²) in [4.78, 5) is 31.1. The minimum Gasteiger partial charge on any atom is -0.755 e. The molecule has 1 unspecified atom stereocenters. The lowest BCUT2D eigenvalue weighted by Gasteiger charge is -2.25. The summed E-state index contributed by atoms with van der Waals surface area (Å²) in [5.41, 5.74) is -0.0673. The van der Waals surface area contributed by atoms with Gasteiger partial charge >= 0.3 is 5.97 Å². The molecule has 1 atom stereocenters. The number of carbonyl (C=O) groups is 2. The number of esters is 1. The summed E-state index contributed by atoms with van der Waals surface area (Å²) in [6.07, 6.45) is 1.31. The topological polar surface area (TPSA) is 127 Å². The third kappa shape index (κ3) is 4.63. The van der Waals surface area contributed by atoms with Crippen LogP contribution < -0.4 is 9.62 Å². The lowest BCUT2D eigenvalue weighted by molar-refractivity contribution is -0.114. The van der Waals surface area contributed by atoms with Crippen molar-refractivity contribution in [2.75, 3.05) is 9.62 Å². The highest BCUT2D eigenvalue weighted by molar-refractivity contribution is 7.81. The van der Waals surface area contributed by atoms with Crippen LogP contribution in [0.1, 0.15) is 38.2 Å². The average Bonchev–Trinajstić information content (AvgIpc) is 3.18. The number of hydrogen-bond acceptors (Lipinski definition) is 7. The zero-order valence-electron chi connectivity index (χ0n) is 16.1. The predicted octanol–water partition coefficient (Wildman–Crippen LogP) is 3.47. The lowest BCUT2D eigenvalue weighted by atomic mass is 10.2. The number of carbonyl (C=O) groups excluding carboxylic acids is 2. The van der Waals surface area contributed by atoms with Gasteiger partial charge in [-0.25, -0.2) is 9.78 Å². The van der Waals surface area contributed by atoms with Crippen molar-refractivity contribution in [2.24, 2.45) is 0 Å². The van der Waals surface area contributed by atoms with Gasteiger partial charge in [-0.3, -0.25) is 13.3 Å².